The van der Waals surface area contributed by atoms with Crippen molar-refractivity contribution in [1.82, 2.24) is 4.98 Å². The van der Waals surface area contributed by atoms with Crippen LogP contribution in [0.4, 0.5) is 17.1 Å². The Morgan fingerprint density at radius 2 is 1.84 bits per heavy atom. The summed E-state index contributed by atoms with van der Waals surface area (Å²) in [5, 5.41) is 15.0. The average molecular weight is 393 g/mol. The zero-order valence-corrected chi connectivity index (χ0v) is 14.6. The fraction of sp³-hybridized carbons (Fsp3) is 0. The zero-order valence-electron chi connectivity index (χ0n) is 13.0. The molecule has 6 heteroatoms. The predicted molar refractivity (Wildman–Crippen MR) is 101 cm³/mol. The molecular weight excluding hydrogens is 380 g/mol. The van der Waals surface area contributed by atoms with Gasteiger partial charge in [0.05, 0.1) is 11.3 Å². The highest BCUT2D eigenvalue weighted by atomic mass is 79.9. The Morgan fingerprint density at radius 3 is 2.64 bits per heavy atom. The van der Waals surface area contributed by atoms with Gasteiger partial charge in [0.1, 0.15) is 11.8 Å². The molecule has 0 radical (unpaired) electrons. The van der Waals surface area contributed by atoms with Crippen molar-refractivity contribution in [3.05, 3.63) is 82.6 Å². The van der Waals surface area contributed by atoms with Crippen LogP contribution in [0.15, 0.2) is 71.3 Å². The Morgan fingerprint density at radius 1 is 1.04 bits per heavy atom. The first-order valence-corrected chi connectivity index (χ1v) is 8.24. The summed E-state index contributed by atoms with van der Waals surface area (Å²) in [4.78, 5) is 16.5. The minimum Gasteiger partial charge on any atom is -0.355 e. The monoisotopic (exact) mass is 392 g/mol. The summed E-state index contributed by atoms with van der Waals surface area (Å²) in [5.74, 6) is -0.374. The Bertz CT molecular complexity index is 965. The van der Waals surface area contributed by atoms with Crippen molar-refractivity contribution < 1.29 is 4.79 Å². The molecular formula is C19H13BrN4O. The third-order valence-electron chi connectivity index (χ3n) is 3.40. The summed E-state index contributed by atoms with van der Waals surface area (Å²) >= 11 is 3.42. The normalized spacial score (nSPS) is 9.92. The quantitative estimate of drug-likeness (QED) is 0.673. The van der Waals surface area contributed by atoms with Crippen LogP contribution in [-0.2, 0) is 0 Å². The molecule has 1 aromatic heterocycles. The summed E-state index contributed by atoms with van der Waals surface area (Å²) in [6, 6.07) is 20.0. The number of hydrogen-bond donors (Lipinski definition) is 2. The first-order valence-electron chi connectivity index (χ1n) is 7.45. The molecule has 25 heavy (non-hydrogen) atoms. The standard InChI is InChI=1S/C19H13BrN4O/c20-14-5-3-6-15(10-14)23-16-8-9-22-18(11-16)19(25)24-17-7-2-1-4-13(17)12-21/h1-11H,(H,22,23)(H,24,25). The number of hydrogen-bond acceptors (Lipinski definition) is 4. The molecule has 0 unspecified atom stereocenters. The summed E-state index contributed by atoms with van der Waals surface area (Å²) in [6.07, 6.45) is 1.56. The Hall–Kier alpha value is -3.17. The summed E-state index contributed by atoms with van der Waals surface area (Å²) in [5.41, 5.74) is 2.75. The molecule has 1 heterocycles. The number of carbonyl (C=O) groups is 1. The van der Waals surface area contributed by atoms with Gasteiger partial charge in [-0.3, -0.25) is 9.78 Å². The van der Waals surface area contributed by atoms with Crippen LogP contribution in [0.3, 0.4) is 0 Å². The number of aromatic nitrogens is 1. The molecule has 0 aliphatic carbocycles. The number of nitriles is 1. The van der Waals surface area contributed by atoms with E-state index in [1.807, 2.05) is 30.3 Å². The topological polar surface area (TPSA) is 77.8 Å². The fourth-order valence-electron chi connectivity index (χ4n) is 2.24. The van der Waals surface area contributed by atoms with Gasteiger partial charge in [-0.1, -0.05) is 34.1 Å². The number of pyridine rings is 1. The third-order valence-corrected chi connectivity index (χ3v) is 3.89. The number of anilines is 3. The van der Waals surface area contributed by atoms with Crippen molar-refractivity contribution in [3.8, 4) is 6.07 Å². The maximum Gasteiger partial charge on any atom is 0.274 e. The highest BCUT2D eigenvalue weighted by Crippen LogP contribution is 2.21. The van der Waals surface area contributed by atoms with E-state index in [0.29, 0.717) is 11.3 Å². The molecule has 0 aliphatic heterocycles. The summed E-state index contributed by atoms with van der Waals surface area (Å²) < 4.78 is 0.956. The van der Waals surface area contributed by atoms with Gasteiger partial charge in [-0.25, -0.2) is 0 Å². The number of benzene rings is 2. The first kappa shape index (κ1) is 16.7. The molecule has 2 N–H and O–H groups in total. The molecule has 1 amide bonds. The number of amides is 1. The Kier molecular flexibility index (Phi) is 5.07. The van der Waals surface area contributed by atoms with Crippen LogP contribution >= 0.6 is 15.9 Å². The van der Waals surface area contributed by atoms with E-state index in [1.165, 1.54) is 0 Å². The van der Waals surface area contributed by atoms with E-state index >= 15 is 0 Å². The molecule has 122 valence electrons. The van der Waals surface area contributed by atoms with Gasteiger partial charge in [0.25, 0.3) is 5.91 Å². The zero-order chi connectivity index (χ0) is 17.6. The van der Waals surface area contributed by atoms with E-state index in [2.05, 4.69) is 31.5 Å². The summed E-state index contributed by atoms with van der Waals surface area (Å²) in [6.45, 7) is 0. The average Bonchev–Trinajstić information content (AvgIpc) is 2.62. The first-order chi connectivity index (χ1) is 12.2. The molecule has 0 spiro atoms. The smallest absolute Gasteiger partial charge is 0.274 e. The van der Waals surface area contributed by atoms with Crippen LogP contribution in [0.5, 0.6) is 0 Å². The van der Waals surface area contributed by atoms with Gasteiger partial charge < -0.3 is 10.6 Å². The lowest BCUT2D eigenvalue weighted by Crippen LogP contribution is -2.14. The highest BCUT2D eigenvalue weighted by Gasteiger charge is 2.11. The number of nitrogens with zero attached hydrogens (tertiary/aromatic N) is 2. The van der Waals surface area contributed by atoms with E-state index in [1.54, 1.807) is 42.6 Å². The molecule has 3 aromatic rings. The SMILES string of the molecule is N#Cc1ccccc1NC(=O)c1cc(Nc2cccc(Br)c2)ccn1. The van der Waals surface area contributed by atoms with Crippen LogP contribution in [0.25, 0.3) is 0 Å². The van der Waals surface area contributed by atoms with Gasteiger partial charge in [0, 0.05) is 22.0 Å². The van der Waals surface area contributed by atoms with Gasteiger partial charge in [-0.2, -0.15) is 5.26 Å². The fourth-order valence-corrected chi connectivity index (χ4v) is 2.64. The number of halogens is 1. The minimum absolute atomic E-state index is 0.257. The maximum absolute atomic E-state index is 12.4. The van der Waals surface area contributed by atoms with Gasteiger partial charge in [-0.05, 0) is 42.5 Å². The van der Waals surface area contributed by atoms with E-state index < -0.39 is 0 Å². The lowest BCUT2D eigenvalue weighted by atomic mass is 10.2. The van der Waals surface area contributed by atoms with Crippen molar-refractivity contribution in [3.63, 3.8) is 0 Å². The van der Waals surface area contributed by atoms with Crippen molar-refractivity contribution >= 4 is 38.9 Å². The highest BCUT2D eigenvalue weighted by molar-refractivity contribution is 9.10. The van der Waals surface area contributed by atoms with Crippen molar-refractivity contribution in [1.29, 1.82) is 5.26 Å². The van der Waals surface area contributed by atoms with E-state index in [9.17, 15) is 4.79 Å². The molecule has 2 aromatic carbocycles. The largest absolute Gasteiger partial charge is 0.355 e. The van der Waals surface area contributed by atoms with E-state index in [-0.39, 0.29) is 11.6 Å². The maximum atomic E-state index is 12.4. The minimum atomic E-state index is -0.374. The van der Waals surface area contributed by atoms with Crippen LogP contribution in [0, 0.1) is 11.3 Å². The van der Waals surface area contributed by atoms with Crippen molar-refractivity contribution in [2.45, 2.75) is 0 Å². The van der Waals surface area contributed by atoms with E-state index in [4.69, 9.17) is 5.26 Å². The van der Waals surface area contributed by atoms with Crippen LogP contribution in [-0.4, -0.2) is 10.9 Å². The van der Waals surface area contributed by atoms with Crippen molar-refractivity contribution in [2.24, 2.45) is 0 Å². The lowest BCUT2D eigenvalue weighted by molar-refractivity contribution is 0.102. The predicted octanol–water partition coefficient (Wildman–Crippen LogP) is 4.71. The van der Waals surface area contributed by atoms with Gasteiger partial charge in [0.15, 0.2) is 0 Å². The van der Waals surface area contributed by atoms with Gasteiger partial charge >= 0.3 is 0 Å². The van der Waals surface area contributed by atoms with Crippen LogP contribution in [0.1, 0.15) is 16.1 Å². The lowest BCUT2D eigenvalue weighted by Gasteiger charge is -2.09. The second-order valence-electron chi connectivity index (χ2n) is 5.18. The molecule has 0 aliphatic rings. The van der Waals surface area contributed by atoms with Crippen molar-refractivity contribution in [2.75, 3.05) is 10.6 Å². The molecule has 3 rings (SSSR count). The van der Waals surface area contributed by atoms with Crippen LogP contribution in [0.2, 0.25) is 0 Å². The Labute approximate surface area is 153 Å². The van der Waals surface area contributed by atoms with Gasteiger partial charge in [-0.15, -0.1) is 0 Å². The molecule has 0 saturated heterocycles. The van der Waals surface area contributed by atoms with E-state index in [0.717, 1.165) is 15.8 Å². The molecule has 0 atom stereocenters. The van der Waals surface area contributed by atoms with Crippen LogP contribution < -0.4 is 10.6 Å². The molecule has 0 bridgehead atoms. The van der Waals surface area contributed by atoms with Gasteiger partial charge in [0.2, 0.25) is 0 Å². The third kappa shape index (κ3) is 4.22. The Balaban J connectivity index is 1.79. The molecule has 5 nitrogen and oxygen atoms in total. The summed E-state index contributed by atoms with van der Waals surface area (Å²) in [7, 11) is 0. The number of para-hydroxylation sites is 1. The number of nitrogens with one attached hydrogen (secondary N) is 2. The number of rotatable bonds is 4. The molecule has 0 fully saturated rings. The second kappa shape index (κ2) is 7.60. The number of carbonyl (C=O) groups excluding carboxylic acids is 1. The molecule has 0 saturated carbocycles. The second-order valence-corrected chi connectivity index (χ2v) is 6.09.